The fourth-order valence-corrected chi connectivity index (χ4v) is 2.29. The summed E-state index contributed by atoms with van der Waals surface area (Å²) in [4.78, 5) is 0. The molecular formula is C16H14ClNO. The van der Waals surface area contributed by atoms with Crippen LogP contribution in [0.3, 0.4) is 0 Å². The van der Waals surface area contributed by atoms with Crippen molar-refractivity contribution >= 4 is 28.9 Å². The molecule has 0 atom stereocenters. The van der Waals surface area contributed by atoms with Crippen LogP contribution in [0.5, 0.6) is 5.75 Å². The summed E-state index contributed by atoms with van der Waals surface area (Å²) in [5.41, 5.74) is 8.24. The molecule has 3 N–H and O–H groups in total. The first-order chi connectivity index (χ1) is 8.77. The Labute approximate surface area is 117 Å². The predicted octanol–water partition coefficient (Wildman–Crippen LogP) is 4.22. The largest absolute Gasteiger partial charge is 0.507 e. The maximum atomic E-state index is 10.0. The predicted molar refractivity (Wildman–Crippen MR) is 82.7 cm³/mol. The van der Waals surface area contributed by atoms with Crippen LogP contribution in [0.1, 0.15) is 0 Å². The average molecular weight is 272 g/mol. The van der Waals surface area contributed by atoms with Crippen molar-refractivity contribution < 1.29 is 5.11 Å². The Bertz CT molecular complexity index is 699. The smallest absolute Gasteiger partial charge is 0.125 e. The second kappa shape index (κ2) is 5.21. The Hall–Kier alpha value is -2.19. The van der Waals surface area contributed by atoms with E-state index in [1.165, 1.54) is 0 Å². The molecule has 0 aliphatic carbocycles. The third-order valence-electron chi connectivity index (χ3n) is 3.13. The van der Waals surface area contributed by atoms with Crippen molar-refractivity contribution in [3.8, 4) is 16.9 Å². The van der Waals surface area contributed by atoms with Gasteiger partial charge in [-0.25, -0.2) is 0 Å². The summed E-state index contributed by atoms with van der Waals surface area (Å²) < 4.78 is 0. The number of phenols is 1. The molecule has 0 unspecified atom stereocenters. The maximum absolute atomic E-state index is 10.0. The summed E-state index contributed by atoms with van der Waals surface area (Å²) in [6.45, 7) is 0. The molecule has 3 rings (SSSR count). The van der Waals surface area contributed by atoms with Gasteiger partial charge in [0.15, 0.2) is 0 Å². The highest BCUT2D eigenvalue weighted by Crippen LogP contribution is 2.38. The van der Waals surface area contributed by atoms with E-state index in [2.05, 4.69) is 12.1 Å². The van der Waals surface area contributed by atoms with Gasteiger partial charge in [0.05, 0.1) is 0 Å². The molecule has 0 bridgehead atoms. The van der Waals surface area contributed by atoms with Crippen molar-refractivity contribution in [3.63, 3.8) is 0 Å². The first-order valence-electron chi connectivity index (χ1n) is 5.83. The van der Waals surface area contributed by atoms with E-state index in [-0.39, 0.29) is 18.2 Å². The summed E-state index contributed by atoms with van der Waals surface area (Å²) in [5.74, 6) is 0.214. The molecular weight excluding hydrogens is 258 g/mol. The third-order valence-corrected chi connectivity index (χ3v) is 3.13. The molecule has 3 aromatic carbocycles. The molecule has 0 fully saturated rings. The van der Waals surface area contributed by atoms with Gasteiger partial charge in [0.25, 0.3) is 0 Å². The van der Waals surface area contributed by atoms with Crippen molar-refractivity contribution in [1.82, 2.24) is 0 Å². The van der Waals surface area contributed by atoms with Crippen LogP contribution in [0, 0.1) is 0 Å². The first-order valence-corrected chi connectivity index (χ1v) is 5.83. The summed E-state index contributed by atoms with van der Waals surface area (Å²) in [6, 6.07) is 19.3. The number of nitrogen functional groups attached to an aromatic ring is 1. The average Bonchev–Trinajstić information content (AvgIpc) is 2.39. The zero-order valence-corrected chi connectivity index (χ0v) is 11.0. The van der Waals surface area contributed by atoms with Gasteiger partial charge < -0.3 is 10.8 Å². The van der Waals surface area contributed by atoms with Crippen LogP contribution in [0.2, 0.25) is 0 Å². The lowest BCUT2D eigenvalue weighted by Crippen LogP contribution is -1.91. The summed E-state index contributed by atoms with van der Waals surface area (Å²) in [6.07, 6.45) is 0. The van der Waals surface area contributed by atoms with Gasteiger partial charge in [0, 0.05) is 11.3 Å². The van der Waals surface area contributed by atoms with E-state index in [0.717, 1.165) is 16.3 Å². The quantitative estimate of drug-likeness (QED) is 0.651. The van der Waals surface area contributed by atoms with Crippen molar-refractivity contribution in [2.24, 2.45) is 0 Å². The minimum atomic E-state index is 0. The summed E-state index contributed by atoms with van der Waals surface area (Å²) in [7, 11) is 0. The number of anilines is 1. The van der Waals surface area contributed by atoms with Crippen molar-refractivity contribution in [2.75, 3.05) is 5.73 Å². The fourth-order valence-electron chi connectivity index (χ4n) is 2.29. The Morgan fingerprint density at radius 1 is 0.789 bits per heavy atom. The van der Waals surface area contributed by atoms with E-state index in [1.807, 2.05) is 30.3 Å². The van der Waals surface area contributed by atoms with Gasteiger partial charge in [-0.15, -0.1) is 12.4 Å². The van der Waals surface area contributed by atoms with E-state index in [0.29, 0.717) is 11.3 Å². The van der Waals surface area contributed by atoms with Crippen LogP contribution < -0.4 is 5.73 Å². The Kier molecular flexibility index (Phi) is 3.63. The number of nitrogens with two attached hydrogens (primary N) is 1. The molecule has 0 radical (unpaired) electrons. The molecule has 2 nitrogen and oxygen atoms in total. The van der Waals surface area contributed by atoms with Crippen LogP contribution in [0.25, 0.3) is 21.9 Å². The highest BCUT2D eigenvalue weighted by molar-refractivity contribution is 6.00. The molecule has 0 saturated carbocycles. The normalized spacial score (nSPS) is 10.1. The third kappa shape index (κ3) is 2.23. The number of benzene rings is 3. The van der Waals surface area contributed by atoms with Gasteiger partial charge in [-0.1, -0.05) is 48.5 Å². The summed E-state index contributed by atoms with van der Waals surface area (Å²) >= 11 is 0. The Morgan fingerprint density at radius 2 is 1.47 bits per heavy atom. The van der Waals surface area contributed by atoms with Crippen LogP contribution in [0.15, 0.2) is 60.7 Å². The molecule has 0 heterocycles. The van der Waals surface area contributed by atoms with E-state index < -0.39 is 0 Å². The molecule has 3 aromatic rings. The van der Waals surface area contributed by atoms with Gasteiger partial charge in [0.2, 0.25) is 0 Å². The highest BCUT2D eigenvalue weighted by atomic mass is 35.5. The second-order valence-electron chi connectivity index (χ2n) is 4.27. The van der Waals surface area contributed by atoms with E-state index >= 15 is 0 Å². The first kappa shape index (κ1) is 13.2. The summed E-state index contributed by atoms with van der Waals surface area (Å²) in [5, 5.41) is 12.3. The Morgan fingerprint density at radius 3 is 2.26 bits per heavy atom. The number of rotatable bonds is 1. The number of aromatic hydroxyl groups is 1. The topological polar surface area (TPSA) is 46.2 Å². The van der Waals surface area contributed by atoms with Crippen molar-refractivity contribution in [3.05, 3.63) is 60.7 Å². The van der Waals surface area contributed by atoms with Gasteiger partial charge in [-0.3, -0.25) is 0 Å². The van der Waals surface area contributed by atoms with Crippen LogP contribution in [-0.2, 0) is 0 Å². The molecule has 0 aromatic heterocycles. The zero-order chi connectivity index (χ0) is 12.5. The molecule has 0 aliphatic heterocycles. The van der Waals surface area contributed by atoms with Gasteiger partial charge in [-0.2, -0.15) is 0 Å². The SMILES string of the molecule is Cl.Nc1cccc(O)c1-c1cccc2ccccc12. The molecule has 3 heteroatoms. The lowest BCUT2D eigenvalue weighted by Gasteiger charge is -2.11. The standard InChI is InChI=1S/C16H13NO.ClH/c17-14-9-4-10-15(18)16(14)13-8-3-6-11-5-1-2-7-12(11)13;/h1-10,18H,17H2;1H. The van der Waals surface area contributed by atoms with Crippen molar-refractivity contribution in [1.29, 1.82) is 0 Å². The van der Waals surface area contributed by atoms with E-state index in [4.69, 9.17) is 5.73 Å². The minimum absolute atomic E-state index is 0. The zero-order valence-electron chi connectivity index (χ0n) is 10.2. The number of hydrogen-bond donors (Lipinski definition) is 2. The molecule has 19 heavy (non-hydrogen) atoms. The fraction of sp³-hybridized carbons (Fsp3) is 0. The lowest BCUT2D eigenvalue weighted by atomic mass is 9.96. The number of halogens is 1. The van der Waals surface area contributed by atoms with Crippen LogP contribution in [0.4, 0.5) is 5.69 Å². The highest BCUT2D eigenvalue weighted by Gasteiger charge is 2.10. The molecule has 0 spiro atoms. The lowest BCUT2D eigenvalue weighted by molar-refractivity contribution is 0.477. The van der Waals surface area contributed by atoms with Crippen molar-refractivity contribution in [2.45, 2.75) is 0 Å². The number of hydrogen-bond acceptors (Lipinski definition) is 2. The van der Waals surface area contributed by atoms with Gasteiger partial charge >= 0.3 is 0 Å². The minimum Gasteiger partial charge on any atom is -0.507 e. The second-order valence-corrected chi connectivity index (χ2v) is 4.27. The molecule has 0 saturated heterocycles. The molecule has 0 amide bonds. The van der Waals surface area contributed by atoms with E-state index in [1.54, 1.807) is 18.2 Å². The molecule has 0 aliphatic rings. The monoisotopic (exact) mass is 271 g/mol. The van der Waals surface area contributed by atoms with Crippen LogP contribution in [-0.4, -0.2) is 5.11 Å². The van der Waals surface area contributed by atoms with Crippen LogP contribution >= 0.6 is 12.4 Å². The number of fused-ring (bicyclic) bond motifs is 1. The molecule has 96 valence electrons. The number of phenolic OH excluding ortho intramolecular Hbond substituents is 1. The maximum Gasteiger partial charge on any atom is 0.125 e. The van der Waals surface area contributed by atoms with Gasteiger partial charge in [0.1, 0.15) is 5.75 Å². The van der Waals surface area contributed by atoms with Gasteiger partial charge in [-0.05, 0) is 28.5 Å². The Balaban J connectivity index is 0.00000133. The van der Waals surface area contributed by atoms with E-state index in [9.17, 15) is 5.11 Å².